The van der Waals surface area contributed by atoms with E-state index in [1.54, 1.807) is 4.57 Å². The lowest BCUT2D eigenvalue weighted by atomic mass is 10.2. The molecule has 0 saturated carbocycles. The molecule has 1 aliphatic heterocycles. The molecule has 2 N–H and O–H groups in total. The molecule has 1 aromatic heterocycles. The van der Waals surface area contributed by atoms with Gasteiger partial charge in [-0.1, -0.05) is 0 Å². The second-order valence-electron chi connectivity index (χ2n) is 6.42. The van der Waals surface area contributed by atoms with Gasteiger partial charge in [0.1, 0.15) is 0 Å². The molecule has 6 nitrogen and oxygen atoms in total. The van der Waals surface area contributed by atoms with Crippen LogP contribution in [-0.4, -0.2) is 55.5 Å². The molecular formula is C18H27N4O2S+. The summed E-state index contributed by atoms with van der Waals surface area (Å²) in [5, 5.41) is 0.701. The first-order valence-electron chi connectivity index (χ1n) is 9.07. The number of fused-ring (bicyclic) bond motifs is 1. The van der Waals surface area contributed by atoms with Crippen LogP contribution < -0.4 is 15.4 Å². The fourth-order valence-electron chi connectivity index (χ4n) is 3.33. The molecule has 3 rings (SSSR count). The quantitative estimate of drug-likeness (QED) is 0.746. The Morgan fingerprint density at radius 1 is 1.24 bits per heavy atom. The van der Waals surface area contributed by atoms with E-state index in [1.807, 2.05) is 18.2 Å². The lowest BCUT2D eigenvalue weighted by Gasteiger charge is -2.29. The Morgan fingerprint density at radius 2 is 1.96 bits per heavy atom. The summed E-state index contributed by atoms with van der Waals surface area (Å²) < 4.78 is 7.62. The summed E-state index contributed by atoms with van der Waals surface area (Å²) >= 11 is 5.42. The summed E-state index contributed by atoms with van der Waals surface area (Å²) in [7, 11) is 0. The molecule has 25 heavy (non-hydrogen) atoms. The maximum atomic E-state index is 13.0. The van der Waals surface area contributed by atoms with E-state index in [4.69, 9.17) is 17.0 Å². The number of quaternary nitrogens is 1. The molecule has 0 atom stereocenters. The minimum Gasteiger partial charge on any atom is -0.378 e. The van der Waals surface area contributed by atoms with Crippen LogP contribution in [0.25, 0.3) is 10.9 Å². The van der Waals surface area contributed by atoms with Crippen LogP contribution in [0.15, 0.2) is 23.0 Å². The average Bonchev–Trinajstić information content (AvgIpc) is 2.65. The Morgan fingerprint density at radius 3 is 2.64 bits per heavy atom. The van der Waals surface area contributed by atoms with Crippen molar-refractivity contribution in [2.45, 2.75) is 20.4 Å². The average molecular weight is 364 g/mol. The lowest BCUT2D eigenvalue weighted by Crippen LogP contribution is -3.11. The van der Waals surface area contributed by atoms with Crippen LogP contribution >= 0.6 is 12.2 Å². The van der Waals surface area contributed by atoms with Gasteiger partial charge in [0.2, 0.25) is 0 Å². The number of morpholine rings is 1. The number of H-pyrrole nitrogens is 1. The number of hydrogen-bond donors (Lipinski definition) is 2. The van der Waals surface area contributed by atoms with Crippen LogP contribution in [0.2, 0.25) is 0 Å². The second kappa shape index (κ2) is 8.12. The van der Waals surface area contributed by atoms with Crippen molar-refractivity contribution in [1.82, 2.24) is 9.55 Å². The number of nitrogens with zero attached hydrogens (tertiary/aromatic N) is 2. The van der Waals surface area contributed by atoms with Gasteiger partial charge in [-0.15, -0.1) is 0 Å². The summed E-state index contributed by atoms with van der Waals surface area (Å²) in [5.74, 6) is 0. The van der Waals surface area contributed by atoms with Gasteiger partial charge in [0.15, 0.2) is 4.77 Å². The van der Waals surface area contributed by atoms with Crippen LogP contribution in [0.4, 0.5) is 5.69 Å². The van der Waals surface area contributed by atoms with Gasteiger partial charge in [0.05, 0.1) is 50.3 Å². The molecule has 0 bridgehead atoms. The summed E-state index contributed by atoms with van der Waals surface area (Å²) in [6, 6.07) is 5.98. The first kappa shape index (κ1) is 18.1. The number of hydrogen-bond acceptors (Lipinski definition) is 4. The van der Waals surface area contributed by atoms with Gasteiger partial charge in [-0.25, -0.2) is 0 Å². The highest BCUT2D eigenvalue weighted by molar-refractivity contribution is 7.71. The van der Waals surface area contributed by atoms with Crippen LogP contribution in [0.5, 0.6) is 0 Å². The van der Waals surface area contributed by atoms with Crippen molar-refractivity contribution in [2.24, 2.45) is 0 Å². The minimum absolute atomic E-state index is 0.000385. The Balaban J connectivity index is 1.95. The molecule has 136 valence electrons. The molecule has 2 aromatic rings. The van der Waals surface area contributed by atoms with Crippen molar-refractivity contribution in [3.63, 3.8) is 0 Å². The zero-order chi connectivity index (χ0) is 17.8. The van der Waals surface area contributed by atoms with Gasteiger partial charge < -0.3 is 19.5 Å². The molecular weight excluding hydrogens is 336 g/mol. The highest BCUT2D eigenvalue weighted by Gasteiger charge is 2.14. The van der Waals surface area contributed by atoms with E-state index in [9.17, 15) is 4.79 Å². The molecule has 2 heterocycles. The lowest BCUT2D eigenvalue weighted by molar-refractivity contribution is -0.897. The number of anilines is 1. The van der Waals surface area contributed by atoms with Crippen molar-refractivity contribution >= 4 is 28.8 Å². The van der Waals surface area contributed by atoms with E-state index in [1.165, 1.54) is 4.90 Å². The number of aromatic amines is 1. The van der Waals surface area contributed by atoms with Crippen LogP contribution in [0, 0.1) is 4.77 Å². The normalized spacial score (nSPS) is 15.2. The number of likely N-dealkylation sites (N-methyl/N-ethyl adjacent to an activating group) is 1. The smallest absolute Gasteiger partial charge is 0.262 e. The Hall–Kier alpha value is -1.70. The van der Waals surface area contributed by atoms with Crippen molar-refractivity contribution in [2.75, 3.05) is 50.8 Å². The number of ether oxygens (including phenoxy) is 1. The van der Waals surface area contributed by atoms with Gasteiger partial charge >= 0.3 is 0 Å². The molecule has 1 aromatic carbocycles. The highest BCUT2D eigenvalue weighted by Crippen LogP contribution is 2.20. The first-order valence-corrected chi connectivity index (χ1v) is 9.48. The largest absolute Gasteiger partial charge is 0.378 e. The second-order valence-corrected chi connectivity index (χ2v) is 6.81. The number of nitrogens with one attached hydrogen (secondary N) is 2. The highest BCUT2D eigenvalue weighted by atomic mass is 32.1. The van der Waals surface area contributed by atoms with Gasteiger partial charge in [0, 0.05) is 18.8 Å². The molecule has 1 fully saturated rings. The Bertz CT molecular complexity index is 835. The van der Waals surface area contributed by atoms with Crippen molar-refractivity contribution < 1.29 is 9.64 Å². The van der Waals surface area contributed by atoms with Gasteiger partial charge in [-0.3, -0.25) is 9.36 Å². The van der Waals surface area contributed by atoms with Crippen LogP contribution in [0.1, 0.15) is 13.8 Å². The minimum atomic E-state index is 0.000385. The van der Waals surface area contributed by atoms with E-state index in [0.29, 0.717) is 16.7 Å². The molecule has 7 heteroatoms. The Labute approximate surface area is 153 Å². The van der Waals surface area contributed by atoms with Gasteiger partial charge in [0.25, 0.3) is 5.56 Å². The molecule has 0 amide bonds. The third kappa shape index (κ3) is 3.94. The van der Waals surface area contributed by atoms with E-state index in [0.717, 1.165) is 57.1 Å². The molecule has 0 radical (unpaired) electrons. The third-order valence-corrected chi connectivity index (χ3v) is 5.35. The number of benzene rings is 1. The molecule has 1 aliphatic rings. The fraction of sp³-hybridized carbons (Fsp3) is 0.556. The van der Waals surface area contributed by atoms with Gasteiger partial charge in [-0.2, -0.15) is 0 Å². The summed E-state index contributed by atoms with van der Waals surface area (Å²) in [6.45, 7) is 11.1. The predicted octanol–water partition coefficient (Wildman–Crippen LogP) is 0.820. The van der Waals surface area contributed by atoms with E-state index in [-0.39, 0.29) is 5.56 Å². The van der Waals surface area contributed by atoms with E-state index in [2.05, 4.69) is 23.7 Å². The molecule has 0 aliphatic carbocycles. The Kier molecular flexibility index (Phi) is 5.88. The van der Waals surface area contributed by atoms with E-state index < -0.39 is 0 Å². The molecule has 0 unspecified atom stereocenters. The monoisotopic (exact) mass is 363 g/mol. The number of aromatic nitrogens is 2. The maximum absolute atomic E-state index is 13.0. The van der Waals surface area contributed by atoms with Crippen molar-refractivity contribution in [1.29, 1.82) is 0 Å². The first-order chi connectivity index (χ1) is 12.1. The van der Waals surface area contributed by atoms with E-state index >= 15 is 0 Å². The van der Waals surface area contributed by atoms with Crippen LogP contribution in [0.3, 0.4) is 0 Å². The SMILES string of the molecule is CC[NH+](CC)CCn1c(=S)[nH]c2ccc(N3CCOCC3)cc2c1=O. The fourth-order valence-corrected chi connectivity index (χ4v) is 3.62. The standard InChI is InChI=1S/C18H26N4O2S/c1-3-20(4-2)7-8-22-17(23)15-13-14(21-9-11-24-12-10-21)5-6-16(15)19-18(22)25/h5-6,13H,3-4,7-12H2,1-2H3,(H,19,25)/p+1. The van der Waals surface area contributed by atoms with Crippen molar-refractivity contribution in [3.8, 4) is 0 Å². The topological polar surface area (TPSA) is 54.7 Å². The molecule has 0 spiro atoms. The third-order valence-electron chi connectivity index (χ3n) is 5.03. The summed E-state index contributed by atoms with van der Waals surface area (Å²) in [4.78, 5) is 19.9. The number of rotatable bonds is 6. The summed E-state index contributed by atoms with van der Waals surface area (Å²) in [5.41, 5.74) is 1.87. The zero-order valence-corrected chi connectivity index (χ0v) is 15.8. The van der Waals surface area contributed by atoms with Gasteiger partial charge in [-0.05, 0) is 44.3 Å². The van der Waals surface area contributed by atoms with Crippen LogP contribution in [-0.2, 0) is 11.3 Å². The van der Waals surface area contributed by atoms with Crippen molar-refractivity contribution in [3.05, 3.63) is 33.3 Å². The zero-order valence-electron chi connectivity index (χ0n) is 15.0. The predicted molar refractivity (Wildman–Crippen MR) is 103 cm³/mol. The molecule has 1 saturated heterocycles. The summed E-state index contributed by atoms with van der Waals surface area (Å²) in [6.07, 6.45) is 0. The maximum Gasteiger partial charge on any atom is 0.262 e.